The normalized spacial score (nSPS) is 11.2. The van der Waals surface area contributed by atoms with E-state index in [4.69, 9.17) is 16.7 Å². The van der Waals surface area contributed by atoms with Gasteiger partial charge in [0.05, 0.1) is 0 Å². The number of halogens is 1. The smallest absolute Gasteiger partial charge is 0.303 e. The van der Waals surface area contributed by atoms with Gasteiger partial charge in [0, 0.05) is 34.0 Å². The molecule has 0 spiro atoms. The number of fused-ring (bicyclic) bond motifs is 1. The van der Waals surface area contributed by atoms with Crippen LogP contribution in [0.15, 0.2) is 29.1 Å². The van der Waals surface area contributed by atoms with E-state index < -0.39 is 5.97 Å². The van der Waals surface area contributed by atoms with E-state index >= 15 is 0 Å². The first kappa shape index (κ1) is 17.2. The number of hydrogen-bond donors (Lipinski definition) is 2. The van der Waals surface area contributed by atoms with Crippen molar-refractivity contribution in [2.45, 2.75) is 33.1 Å². The highest BCUT2D eigenvalue weighted by molar-refractivity contribution is 6.30. The molecule has 0 aliphatic heterocycles. The maximum absolute atomic E-state index is 12.8. The lowest BCUT2D eigenvalue weighted by Gasteiger charge is -2.06. The molecule has 3 aromatic rings. The van der Waals surface area contributed by atoms with Crippen LogP contribution in [0.5, 0.6) is 0 Å². The molecule has 0 aliphatic carbocycles. The Balaban J connectivity index is 2.23. The Morgan fingerprint density at radius 2 is 2.00 bits per heavy atom. The molecule has 3 rings (SSSR count). The topological polar surface area (TPSA) is 87.5 Å². The highest BCUT2D eigenvalue weighted by Gasteiger charge is 2.19. The summed E-state index contributed by atoms with van der Waals surface area (Å²) in [5.41, 5.74) is 3.95. The zero-order valence-electron chi connectivity index (χ0n) is 14.0. The number of aryl methyl sites for hydroxylation is 2. The number of nitrogens with one attached hydrogen (secondary N) is 1. The Hall–Kier alpha value is -2.60. The summed E-state index contributed by atoms with van der Waals surface area (Å²) < 4.78 is 1.41. The van der Waals surface area contributed by atoms with Crippen LogP contribution in [0.25, 0.3) is 16.8 Å². The number of aromatic nitrogens is 3. The van der Waals surface area contributed by atoms with Crippen molar-refractivity contribution in [3.63, 3.8) is 0 Å². The van der Waals surface area contributed by atoms with Crippen LogP contribution >= 0.6 is 11.6 Å². The monoisotopic (exact) mass is 359 g/mol. The second-order valence-electron chi connectivity index (χ2n) is 5.86. The highest BCUT2D eigenvalue weighted by Crippen LogP contribution is 2.28. The number of nitrogens with zero attached hydrogens (tertiary/aromatic N) is 2. The second-order valence-corrected chi connectivity index (χ2v) is 6.30. The average Bonchev–Trinajstić information content (AvgIpc) is 2.94. The average molecular weight is 360 g/mol. The number of carbonyl (C=O) groups is 1. The quantitative estimate of drug-likeness (QED) is 0.732. The highest BCUT2D eigenvalue weighted by atomic mass is 35.5. The Morgan fingerprint density at radius 1 is 1.32 bits per heavy atom. The third-order valence-electron chi connectivity index (χ3n) is 4.23. The fourth-order valence-corrected chi connectivity index (χ4v) is 3.08. The molecule has 0 saturated carbocycles. The summed E-state index contributed by atoms with van der Waals surface area (Å²) in [6.07, 6.45) is 0.756. The van der Waals surface area contributed by atoms with E-state index in [0.717, 1.165) is 16.8 Å². The lowest BCUT2D eigenvalue weighted by molar-refractivity contribution is -0.136. The Morgan fingerprint density at radius 3 is 2.60 bits per heavy atom. The van der Waals surface area contributed by atoms with Crippen molar-refractivity contribution in [2.24, 2.45) is 0 Å². The number of rotatable bonds is 5. The number of carboxylic acids is 1. The van der Waals surface area contributed by atoms with E-state index in [9.17, 15) is 9.59 Å². The van der Waals surface area contributed by atoms with Gasteiger partial charge < -0.3 is 5.11 Å². The molecule has 0 aliphatic rings. The van der Waals surface area contributed by atoms with Crippen molar-refractivity contribution in [3.05, 3.63) is 56.6 Å². The number of benzene rings is 1. The number of aromatic amines is 1. The summed E-state index contributed by atoms with van der Waals surface area (Å²) in [5, 5.41) is 12.6. The Bertz CT molecular complexity index is 1000. The minimum atomic E-state index is -0.938. The van der Waals surface area contributed by atoms with Crippen molar-refractivity contribution in [1.29, 1.82) is 0 Å². The fourth-order valence-electron chi connectivity index (χ4n) is 2.95. The van der Waals surface area contributed by atoms with Crippen LogP contribution in [0.1, 0.15) is 30.3 Å². The maximum Gasteiger partial charge on any atom is 0.303 e. The molecule has 2 N–H and O–H groups in total. The summed E-state index contributed by atoms with van der Waals surface area (Å²) in [6, 6.07) is 7.38. The largest absolute Gasteiger partial charge is 0.481 e. The number of carboxylic acid groups (broad SMARTS) is 1. The Kier molecular flexibility index (Phi) is 4.63. The van der Waals surface area contributed by atoms with Crippen LogP contribution in [0.2, 0.25) is 5.02 Å². The van der Waals surface area contributed by atoms with Gasteiger partial charge in [0.2, 0.25) is 0 Å². The summed E-state index contributed by atoms with van der Waals surface area (Å²) in [5.74, 6) is -0.938. The second kappa shape index (κ2) is 6.72. The summed E-state index contributed by atoms with van der Waals surface area (Å²) in [4.78, 5) is 28.2. The lowest BCUT2D eigenvalue weighted by atomic mass is 10.0. The summed E-state index contributed by atoms with van der Waals surface area (Å²) in [6.45, 7) is 3.73. The van der Waals surface area contributed by atoms with E-state index in [-0.39, 0.29) is 18.4 Å². The molecule has 0 radical (unpaired) electrons. The third-order valence-corrected chi connectivity index (χ3v) is 4.48. The standard InChI is InChI=1S/C18H18ClN3O3/c1-3-14-16(11-4-6-12(19)7-5-11)17-20-10(2)13(8-9-15(23)24)18(25)22(17)21-14/h4-7,21H,3,8-9H2,1-2H3,(H,23,24). The van der Waals surface area contributed by atoms with Crippen LogP contribution < -0.4 is 5.56 Å². The summed E-state index contributed by atoms with van der Waals surface area (Å²) >= 11 is 5.97. The number of H-pyrrole nitrogens is 1. The molecule has 0 saturated heterocycles. The molecule has 2 heterocycles. The predicted octanol–water partition coefficient (Wildman–Crippen LogP) is 3.23. The van der Waals surface area contributed by atoms with Crippen molar-refractivity contribution < 1.29 is 9.90 Å². The van der Waals surface area contributed by atoms with Gasteiger partial charge in [0.25, 0.3) is 5.56 Å². The van der Waals surface area contributed by atoms with E-state index in [1.54, 1.807) is 19.1 Å². The molecule has 2 aromatic heterocycles. The van der Waals surface area contributed by atoms with Crippen LogP contribution in [-0.2, 0) is 17.6 Å². The van der Waals surface area contributed by atoms with Crippen molar-refractivity contribution >= 4 is 23.2 Å². The predicted molar refractivity (Wildman–Crippen MR) is 96.3 cm³/mol. The van der Waals surface area contributed by atoms with Gasteiger partial charge >= 0.3 is 5.97 Å². The fraction of sp³-hybridized carbons (Fsp3) is 0.278. The van der Waals surface area contributed by atoms with Gasteiger partial charge in [0.1, 0.15) is 0 Å². The molecular weight excluding hydrogens is 342 g/mol. The Labute approximate surface area is 149 Å². The number of hydrogen-bond acceptors (Lipinski definition) is 3. The molecular formula is C18H18ClN3O3. The maximum atomic E-state index is 12.8. The lowest BCUT2D eigenvalue weighted by Crippen LogP contribution is -2.22. The van der Waals surface area contributed by atoms with Gasteiger partial charge in [-0.05, 0) is 37.5 Å². The third kappa shape index (κ3) is 3.17. The zero-order valence-corrected chi connectivity index (χ0v) is 14.7. The first-order valence-electron chi connectivity index (χ1n) is 8.03. The minimum Gasteiger partial charge on any atom is -0.481 e. The van der Waals surface area contributed by atoms with E-state index in [1.165, 1.54) is 4.52 Å². The van der Waals surface area contributed by atoms with Gasteiger partial charge in [0.15, 0.2) is 5.65 Å². The molecule has 25 heavy (non-hydrogen) atoms. The number of aliphatic carboxylic acids is 1. The first-order valence-corrected chi connectivity index (χ1v) is 8.41. The van der Waals surface area contributed by atoms with Gasteiger partial charge in [-0.2, -0.15) is 0 Å². The zero-order chi connectivity index (χ0) is 18.1. The minimum absolute atomic E-state index is 0.102. The van der Waals surface area contributed by atoms with Gasteiger partial charge in [-0.1, -0.05) is 30.7 Å². The van der Waals surface area contributed by atoms with E-state index in [1.807, 2.05) is 19.1 Å². The van der Waals surface area contributed by atoms with Crippen LogP contribution in [0, 0.1) is 6.92 Å². The SMILES string of the molecule is CCc1[nH]n2c(=O)c(CCC(=O)O)c(C)nc2c1-c1ccc(Cl)cc1. The van der Waals surface area contributed by atoms with E-state index in [0.29, 0.717) is 28.3 Å². The molecule has 7 heteroatoms. The van der Waals surface area contributed by atoms with Crippen molar-refractivity contribution in [1.82, 2.24) is 14.6 Å². The van der Waals surface area contributed by atoms with Gasteiger partial charge in [-0.25, -0.2) is 9.50 Å². The van der Waals surface area contributed by atoms with Crippen molar-refractivity contribution in [3.8, 4) is 11.1 Å². The first-order chi connectivity index (χ1) is 11.9. The van der Waals surface area contributed by atoms with Crippen LogP contribution in [0.3, 0.4) is 0 Å². The molecule has 0 unspecified atom stereocenters. The molecule has 0 atom stereocenters. The summed E-state index contributed by atoms with van der Waals surface area (Å²) in [7, 11) is 0. The van der Waals surface area contributed by atoms with Crippen molar-refractivity contribution in [2.75, 3.05) is 0 Å². The van der Waals surface area contributed by atoms with Crippen LogP contribution in [-0.4, -0.2) is 25.7 Å². The molecule has 1 aromatic carbocycles. The molecule has 6 nitrogen and oxygen atoms in total. The van der Waals surface area contributed by atoms with Gasteiger partial charge in [-0.15, -0.1) is 0 Å². The van der Waals surface area contributed by atoms with Gasteiger partial charge in [-0.3, -0.25) is 14.7 Å². The molecule has 0 bridgehead atoms. The van der Waals surface area contributed by atoms with Crippen LogP contribution in [0.4, 0.5) is 0 Å². The molecule has 0 fully saturated rings. The molecule has 0 amide bonds. The molecule has 130 valence electrons. The van der Waals surface area contributed by atoms with E-state index in [2.05, 4.69) is 10.1 Å².